The van der Waals surface area contributed by atoms with Crippen molar-refractivity contribution in [1.29, 1.82) is 0 Å². The maximum absolute atomic E-state index is 6.06. The number of aryl methyl sites for hydroxylation is 1. The maximum Gasteiger partial charge on any atom is 0.114 e. The van der Waals surface area contributed by atoms with Crippen LogP contribution in [0.3, 0.4) is 0 Å². The third-order valence-corrected chi connectivity index (χ3v) is 5.00. The summed E-state index contributed by atoms with van der Waals surface area (Å²) in [6.07, 6.45) is 1.09. The molecule has 2 nitrogen and oxygen atoms in total. The van der Waals surface area contributed by atoms with Gasteiger partial charge in [0.15, 0.2) is 0 Å². The lowest BCUT2D eigenvalue weighted by Crippen LogP contribution is -2.23. The Hall–Kier alpha value is -0.420. The first-order valence-electron chi connectivity index (χ1n) is 6.22. The van der Waals surface area contributed by atoms with E-state index in [9.17, 15) is 0 Å². The van der Waals surface area contributed by atoms with Gasteiger partial charge in [-0.1, -0.05) is 24.6 Å². The molecule has 1 atom stereocenters. The summed E-state index contributed by atoms with van der Waals surface area (Å²) in [6.45, 7) is 5.15. The molecule has 1 N–H and O–H groups in total. The van der Waals surface area contributed by atoms with E-state index >= 15 is 0 Å². The lowest BCUT2D eigenvalue weighted by Gasteiger charge is -2.17. The number of hydrogen-bond acceptors (Lipinski definition) is 3. The largest absolute Gasteiger partial charge is 0.304 e. The number of aromatic nitrogens is 1. The first-order chi connectivity index (χ1) is 9.11. The van der Waals surface area contributed by atoms with E-state index in [1.54, 1.807) is 11.3 Å². The molecule has 0 radical (unpaired) electrons. The highest BCUT2D eigenvalue weighted by Crippen LogP contribution is 2.30. The van der Waals surface area contributed by atoms with E-state index < -0.39 is 0 Å². The predicted octanol–water partition coefficient (Wildman–Crippen LogP) is 4.96. The van der Waals surface area contributed by atoms with Crippen LogP contribution in [0.4, 0.5) is 0 Å². The van der Waals surface area contributed by atoms with Crippen LogP contribution in [0, 0.1) is 6.92 Å². The van der Waals surface area contributed by atoms with Gasteiger partial charge in [-0.15, -0.1) is 11.3 Å². The minimum absolute atomic E-state index is 0.132. The van der Waals surface area contributed by atoms with Gasteiger partial charge >= 0.3 is 0 Å². The van der Waals surface area contributed by atoms with Crippen LogP contribution in [0.15, 0.2) is 28.1 Å². The molecule has 19 heavy (non-hydrogen) atoms. The summed E-state index contributed by atoms with van der Waals surface area (Å²) < 4.78 is 0.920. The molecule has 1 heterocycles. The molecule has 0 amide bonds. The molecule has 1 unspecified atom stereocenters. The zero-order valence-corrected chi connectivity index (χ0v) is 14.1. The fourth-order valence-corrected chi connectivity index (χ4v) is 3.24. The van der Waals surface area contributed by atoms with Gasteiger partial charge in [0, 0.05) is 15.5 Å². The lowest BCUT2D eigenvalue weighted by atomic mass is 10.1. The van der Waals surface area contributed by atoms with Crippen molar-refractivity contribution in [1.82, 2.24) is 10.3 Å². The van der Waals surface area contributed by atoms with Crippen molar-refractivity contribution >= 4 is 38.9 Å². The van der Waals surface area contributed by atoms with Gasteiger partial charge in [0.2, 0.25) is 0 Å². The van der Waals surface area contributed by atoms with E-state index in [0.717, 1.165) is 33.2 Å². The van der Waals surface area contributed by atoms with Crippen LogP contribution in [-0.2, 0) is 0 Å². The second kappa shape index (κ2) is 6.84. The van der Waals surface area contributed by atoms with Gasteiger partial charge in [0.05, 0.1) is 11.1 Å². The summed E-state index contributed by atoms with van der Waals surface area (Å²) in [5, 5.41) is 7.46. The second-order valence-corrected chi connectivity index (χ2v) is 6.54. The van der Waals surface area contributed by atoms with E-state index in [0.29, 0.717) is 0 Å². The van der Waals surface area contributed by atoms with Gasteiger partial charge in [-0.3, -0.25) is 0 Å². The second-order valence-electron chi connectivity index (χ2n) is 4.39. The normalized spacial score (nSPS) is 12.6. The van der Waals surface area contributed by atoms with Crippen molar-refractivity contribution in [2.24, 2.45) is 0 Å². The Bertz CT molecular complexity index is 556. The fourth-order valence-electron chi connectivity index (χ4n) is 1.83. The number of thiazole rings is 1. The Balaban J connectivity index is 2.33. The summed E-state index contributed by atoms with van der Waals surface area (Å²) in [7, 11) is 0. The Morgan fingerprint density at radius 2 is 2.26 bits per heavy atom. The van der Waals surface area contributed by atoms with Gasteiger partial charge in [0.1, 0.15) is 5.01 Å². The van der Waals surface area contributed by atoms with Gasteiger partial charge in [-0.05, 0) is 53.5 Å². The monoisotopic (exact) mass is 358 g/mol. The van der Waals surface area contributed by atoms with Crippen LogP contribution >= 0.6 is 38.9 Å². The van der Waals surface area contributed by atoms with Crippen LogP contribution in [0.2, 0.25) is 5.02 Å². The van der Waals surface area contributed by atoms with Gasteiger partial charge in [-0.2, -0.15) is 0 Å². The average Bonchev–Trinajstić information content (AvgIpc) is 2.80. The van der Waals surface area contributed by atoms with Crippen molar-refractivity contribution in [2.75, 3.05) is 6.54 Å². The highest BCUT2D eigenvalue weighted by molar-refractivity contribution is 9.10. The molecular weight excluding hydrogens is 344 g/mol. The summed E-state index contributed by atoms with van der Waals surface area (Å²) in [6, 6.07) is 6.17. The molecule has 102 valence electrons. The topological polar surface area (TPSA) is 24.9 Å². The average molecular weight is 360 g/mol. The quantitative estimate of drug-likeness (QED) is 0.816. The summed E-state index contributed by atoms with van der Waals surface area (Å²) >= 11 is 11.2. The molecule has 0 saturated carbocycles. The summed E-state index contributed by atoms with van der Waals surface area (Å²) in [5.74, 6) is 0. The molecule has 0 spiro atoms. The van der Waals surface area contributed by atoms with Crippen molar-refractivity contribution in [3.8, 4) is 0 Å². The predicted molar refractivity (Wildman–Crippen MR) is 86.1 cm³/mol. The molecule has 0 aliphatic rings. The highest BCUT2D eigenvalue weighted by Gasteiger charge is 2.17. The maximum atomic E-state index is 6.06. The molecule has 0 fully saturated rings. The standard InChI is InChI=1S/C14H16BrClN2S/c1-3-6-17-13(14-18-9(2)8-19-14)10-4-5-12(16)11(15)7-10/h4-5,7-8,13,17H,3,6H2,1-2H3. The van der Waals surface area contributed by atoms with E-state index in [1.165, 1.54) is 5.56 Å². The minimum atomic E-state index is 0.132. The Morgan fingerprint density at radius 3 is 2.84 bits per heavy atom. The molecule has 0 bridgehead atoms. The third kappa shape index (κ3) is 3.78. The van der Waals surface area contributed by atoms with Crippen molar-refractivity contribution in [3.63, 3.8) is 0 Å². The molecule has 5 heteroatoms. The number of nitrogens with one attached hydrogen (secondary N) is 1. The fraction of sp³-hybridized carbons (Fsp3) is 0.357. The molecular formula is C14H16BrClN2S. The van der Waals surface area contributed by atoms with E-state index in [4.69, 9.17) is 11.6 Å². The van der Waals surface area contributed by atoms with Crippen LogP contribution in [0.1, 0.15) is 35.7 Å². The number of benzene rings is 1. The van der Waals surface area contributed by atoms with E-state index in [2.05, 4.69) is 50.7 Å². The Kier molecular flexibility index (Phi) is 5.39. The van der Waals surface area contributed by atoms with E-state index in [1.807, 2.05) is 13.0 Å². The number of nitrogens with zero attached hydrogens (tertiary/aromatic N) is 1. The number of hydrogen-bond donors (Lipinski definition) is 1. The number of halogens is 2. The molecule has 1 aromatic heterocycles. The smallest absolute Gasteiger partial charge is 0.114 e. The summed E-state index contributed by atoms with van der Waals surface area (Å²) in [4.78, 5) is 4.60. The highest BCUT2D eigenvalue weighted by atomic mass is 79.9. The molecule has 1 aromatic carbocycles. The van der Waals surface area contributed by atoms with Gasteiger partial charge < -0.3 is 5.32 Å². The van der Waals surface area contributed by atoms with Crippen molar-refractivity contribution in [2.45, 2.75) is 26.3 Å². The van der Waals surface area contributed by atoms with Crippen molar-refractivity contribution < 1.29 is 0 Å². The molecule has 0 aliphatic carbocycles. The number of rotatable bonds is 5. The molecule has 0 aliphatic heterocycles. The Labute approximate surface area is 131 Å². The molecule has 2 aromatic rings. The van der Waals surface area contributed by atoms with Gasteiger partial charge in [-0.25, -0.2) is 4.98 Å². The summed E-state index contributed by atoms with van der Waals surface area (Å²) in [5.41, 5.74) is 2.25. The first-order valence-corrected chi connectivity index (χ1v) is 8.27. The zero-order valence-electron chi connectivity index (χ0n) is 10.9. The first kappa shape index (κ1) is 15.0. The zero-order chi connectivity index (χ0) is 13.8. The van der Waals surface area contributed by atoms with Crippen LogP contribution in [0.25, 0.3) is 0 Å². The Morgan fingerprint density at radius 1 is 1.47 bits per heavy atom. The third-order valence-electron chi connectivity index (χ3n) is 2.76. The van der Waals surface area contributed by atoms with E-state index in [-0.39, 0.29) is 6.04 Å². The van der Waals surface area contributed by atoms with Crippen molar-refractivity contribution in [3.05, 3.63) is 49.3 Å². The van der Waals surface area contributed by atoms with Crippen LogP contribution in [0.5, 0.6) is 0 Å². The molecule has 0 saturated heterocycles. The SMILES string of the molecule is CCCNC(c1ccc(Cl)c(Br)c1)c1nc(C)cs1. The van der Waals surface area contributed by atoms with Crippen LogP contribution < -0.4 is 5.32 Å². The minimum Gasteiger partial charge on any atom is -0.304 e. The lowest BCUT2D eigenvalue weighted by molar-refractivity contribution is 0.595. The van der Waals surface area contributed by atoms with Gasteiger partial charge in [0.25, 0.3) is 0 Å². The van der Waals surface area contributed by atoms with Crippen LogP contribution in [-0.4, -0.2) is 11.5 Å². The molecule has 2 rings (SSSR count).